The van der Waals surface area contributed by atoms with Crippen molar-refractivity contribution in [3.63, 3.8) is 0 Å². The first-order chi connectivity index (χ1) is 23.0. The largest absolute Gasteiger partial charge is 0.490 e. The number of aliphatic hydroxyl groups excluding tert-OH is 1. The number of nitrogens with one attached hydrogen (secondary N) is 2. The number of hydrogen-bond acceptors (Lipinski definition) is 15. The van der Waals surface area contributed by atoms with E-state index in [1.807, 2.05) is 4.98 Å². The maximum absolute atomic E-state index is 12.7. The first-order valence-corrected chi connectivity index (χ1v) is 19.3. The van der Waals surface area contributed by atoms with Crippen molar-refractivity contribution in [3.05, 3.63) is 32.6 Å². The van der Waals surface area contributed by atoms with Crippen LogP contribution in [0.3, 0.4) is 0 Å². The fourth-order valence-electron chi connectivity index (χ4n) is 4.01. The van der Waals surface area contributed by atoms with Gasteiger partial charge < -0.3 is 44.2 Å². The van der Waals surface area contributed by atoms with Crippen LogP contribution in [0, 0.1) is 11.8 Å². The van der Waals surface area contributed by atoms with E-state index in [0.717, 1.165) is 10.8 Å². The van der Waals surface area contributed by atoms with Crippen LogP contribution >= 0.6 is 23.5 Å². The second kappa shape index (κ2) is 17.2. The number of ether oxygens (including phenoxy) is 3. The van der Waals surface area contributed by atoms with Gasteiger partial charge >= 0.3 is 41.1 Å². The van der Waals surface area contributed by atoms with Gasteiger partial charge in [-0.3, -0.25) is 28.5 Å². The van der Waals surface area contributed by atoms with Gasteiger partial charge in [0.1, 0.15) is 35.1 Å². The Morgan fingerprint density at radius 2 is 1.63 bits per heavy atom. The van der Waals surface area contributed by atoms with Crippen LogP contribution in [0.25, 0.3) is 0 Å². The summed E-state index contributed by atoms with van der Waals surface area (Å²) >= 11 is 0. The van der Waals surface area contributed by atoms with Gasteiger partial charge in [0.15, 0.2) is 0 Å². The van der Waals surface area contributed by atoms with Gasteiger partial charge in [0.2, 0.25) is 5.91 Å². The zero-order valence-corrected chi connectivity index (χ0v) is 30.8. The van der Waals surface area contributed by atoms with Crippen molar-refractivity contribution in [1.82, 2.24) is 14.9 Å². The average molecular weight is 792 g/mol. The third-order valence-corrected chi connectivity index (χ3v) is 9.62. The monoisotopic (exact) mass is 791 g/mol. The lowest BCUT2D eigenvalue weighted by Crippen LogP contribution is -2.46. The summed E-state index contributed by atoms with van der Waals surface area (Å²) in [6.45, 7) is 8.72. The molecule has 6 atom stereocenters. The van der Waals surface area contributed by atoms with Crippen molar-refractivity contribution < 1.29 is 80.1 Å². The molecule has 1 saturated heterocycles. The normalized spacial score (nSPS) is 21.0. The van der Waals surface area contributed by atoms with Crippen LogP contribution in [0.1, 0.15) is 79.0 Å². The van der Waals surface area contributed by atoms with Crippen molar-refractivity contribution in [2.45, 2.75) is 103 Å². The van der Waals surface area contributed by atoms with Gasteiger partial charge in [-0.25, -0.2) is 23.3 Å². The van der Waals surface area contributed by atoms with E-state index >= 15 is 0 Å². The number of amides is 1. The molecule has 0 bridgehead atoms. The summed E-state index contributed by atoms with van der Waals surface area (Å²) in [5.41, 5.74) is -3.96. The lowest BCUT2D eigenvalue weighted by atomic mass is 10.1. The van der Waals surface area contributed by atoms with Crippen molar-refractivity contribution in [1.29, 1.82) is 0 Å². The van der Waals surface area contributed by atoms with Crippen molar-refractivity contribution in [2.24, 2.45) is 0 Å². The topological polar surface area (TPSA) is 326 Å². The number of hydrogen-bond donors (Lipinski definition) is 7. The van der Waals surface area contributed by atoms with Gasteiger partial charge in [0.05, 0.1) is 19.1 Å². The van der Waals surface area contributed by atoms with Gasteiger partial charge in [-0.15, -0.1) is 0 Å². The average Bonchev–Trinajstić information content (AvgIpc) is 3.26. The number of phosphoric acid groups is 3. The number of nitrogens with zero attached hydrogens (tertiary/aromatic N) is 1. The van der Waals surface area contributed by atoms with Crippen LogP contribution in [-0.4, -0.2) is 88.1 Å². The SMILES string of the molecule is CC(C)(C)OC(=O)CC(NC(=O)CCC#Cc1cn([C@H]2CC(O)[C@@H](COP(=O)(O)OP(=O)(O)OP(=O)(O)O)O2)c(=O)[nH]c1=O)C(=O)OC(C)(C)C. The highest BCUT2D eigenvalue weighted by atomic mass is 31.3. The maximum Gasteiger partial charge on any atom is 0.490 e. The Balaban J connectivity index is 2.08. The van der Waals surface area contributed by atoms with Gasteiger partial charge in [0, 0.05) is 25.5 Å². The summed E-state index contributed by atoms with van der Waals surface area (Å²) < 4.78 is 62.7. The number of aromatic amines is 1. The quantitative estimate of drug-likeness (QED) is 0.0752. The molecule has 2 heterocycles. The van der Waals surface area contributed by atoms with Gasteiger partial charge in [-0.1, -0.05) is 11.8 Å². The van der Waals surface area contributed by atoms with E-state index in [4.69, 9.17) is 24.0 Å². The number of H-pyrrole nitrogens is 1. The Morgan fingerprint density at radius 1 is 1.02 bits per heavy atom. The summed E-state index contributed by atoms with van der Waals surface area (Å²) in [5.74, 6) is 2.76. The molecular formula is C26H40N3O19P3. The molecule has 1 fully saturated rings. The number of aliphatic hydroxyl groups is 1. The highest BCUT2D eigenvalue weighted by molar-refractivity contribution is 7.66. The molecule has 2 rings (SSSR count). The minimum atomic E-state index is -5.79. The molecule has 1 aromatic heterocycles. The third kappa shape index (κ3) is 16.5. The molecule has 288 valence electrons. The van der Waals surface area contributed by atoms with E-state index < -0.39 is 101 Å². The lowest BCUT2D eigenvalue weighted by Gasteiger charge is -2.25. The first-order valence-electron chi connectivity index (χ1n) is 14.7. The van der Waals surface area contributed by atoms with E-state index in [0.29, 0.717) is 0 Å². The summed E-state index contributed by atoms with van der Waals surface area (Å²) in [4.78, 5) is 101. The predicted octanol–water partition coefficient (Wildman–Crippen LogP) is 0.218. The highest BCUT2D eigenvalue weighted by Crippen LogP contribution is 2.66. The zero-order chi connectivity index (χ0) is 39.2. The molecule has 0 aromatic carbocycles. The van der Waals surface area contributed by atoms with Crippen LogP contribution in [0.4, 0.5) is 0 Å². The molecule has 0 spiro atoms. The zero-order valence-electron chi connectivity index (χ0n) is 28.2. The fourth-order valence-corrected chi connectivity index (χ4v) is 7.04. The number of esters is 2. The second-order valence-corrected chi connectivity index (χ2v) is 17.2. The van der Waals surface area contributed by atoms with Gasteiger partial charge in [0.25, 0.3) is 5.56 Å². The number of carbonyl (C=O) groups excluding carboxylic acids is 3. The molecule has 1 amide bonds. The van der Waals surface area contributed by atoms with E-state index in [9.17, 15) is 52.6 Å². The number of phosphoric ester groups is 1. The smallest absolute Gasteiger partial charge is 0.460 e. The summed E-state index contributed by atoms with van der Waals surface area (Å²) in [5, 5.41) is 12.8. The molecular weight excluding hydrogens is 751 g/mol. The second-order valence-electron chi connectivity index (χ2n) is 12.8. The van der Waals surface area contributed by atoms with Crippen LogP contribution in [-0.2, 0) is 55.4 Å². The van der Waals surface area contributed by atoms with E-state index in [1.165, 1.54) is 0 Å². The third-order valence-electron chi connectivity index (χ3n) is 5.82. The Bertz CT molecular complexity index is 1780. The lowest BCUT2D eigenvalue weighted by molar-refractivity contribution is -0.165. The van der Waals surface area contributed by atoms with E-state index in [1.54, 1.807) is 41.5 Å². The minimum Gasteiger partial charge on any atom is -0.460 e. The Labute approximate surface area is 290 Å². The molecule has 25 heteroatoms. The fraction of sp³-hybridized carbons (Fsp3) is 0.654. The molecule has 22 nitrogen and oxygen atoms in total. The Kier molecular flexibility index (Phi) is 14.9. The predicted molar refractivity (Wildman–Crippen MR) is 170 cm³/mol. The molecule has 51 heavy (non-hydrogen) atoms. The van der Waals surface area contributed by atoms with Crippen molar-refractivity contribution in [3.8, 4) is 11.8 Å². The van der Waals surface area contributed by atoms with Crippen LogP contribution < -0.4 is 16.6 Å². The Hall–Kier alpha value is -3.02. The standard InChI is InChI=1S/C26H40N3O19P3/c1-25(2,3)45-21(32)11-16(23(34)46-26(4,5)6)27-19(31)10-8-7-9-15-13-29(24(35)28-22(15)33)20-12-17(30)18(44-20)14-43-50(39,40)48-51(41,42)47-49(36,37)38/h13,16-18,20,30H,8,10-12,14H2,1-6H3,(H,27,31)(H,39,40)(H,41,42)(H,28,33,35)(H2,36,37,38)/t16?,17?,18-,20-/m1/s1. The highest BCUT2D eigenvalue weighted by Gasteiger charge is 2.43. The molecule has 0 radical (unpaired) electrons. The molecule has 0 saturated carbocycles. The van der Waals surface area contributed by atoms with Crippen LogP contribution in [0.15, 0.2) is 15.8 Å². The summed E-state index contributed by atoms with van der Waals surface area (Å²) in [6, 6.07) is -1.36. The molecule has 7 N–H and O–H groups in total. The Morgan fingerprint density at radius 3 is 2.20 bits per heavy atom. The van der Waals surface area contributed by atoms with E-state index in [-0.39, 0.29) is 24.8 Å². The minimum absolute atomic E-state index is 0.154. The van der Waals surface area contributed by atoms with Crippen LogP contribution in [0.5, 0.6) is 0 Å². The number of carbonyl (C=O) groups is 3. The van der Waals surface area contributed by atoms with Gasteiger partial charge in [-0.2, -0.15) is 8.62 Å². The summed E-state index contributed by atoms with van der Waals surface area (Å²) in [6.07, 6.45) is -4.55. The van der Waals surface area contributed by atoms with Gasteiger partial charge in [-0.05, 0) is 41.5 Å². The molecule has 4 unspecified atom stereocenters. The van der Waals surface area contributed by atoms with Crippen molar-refractivity contribution >= 4 is 41.3 Å². The van der Waals surface area contributed by atoms with Crippen LogP contribution in [0.2, 0.25) is 0 Å². The molecule has 1 aliphatic heterocycles. The molecule has 0 aliphatic carbocycles. The summed E-state index contributed by atoms with van der Waals surface area (Å²) in [7, 11) is -16.9. The molecule has 1 aliphatic rings. The number of rotatable bonds is 14. The van der Waals surface area contributed by atoms with E-state index in [2.05, 4.69) is 30.3 Å². The van der Waals surface area contributed by atoms with Crippen molar-refractivity contribution in [2.75, 3.05) is 6.61 Å². The number of aromatic nitrogens is 2. The first kappa shape index (κ1) is 44.1. The molecule has 1 aromatic rings. The maximum atomic E-state index is 12.7.